The third kappa shape index (κ3) is 2.99. The van der Waals surface area contributed by atoms with E-state index in [0.717, 1.165) is 12.1 Å². The summed E-state index contributed by atoms with van der Waals surface area (Å²) in [7, 11) is 0. The summed E-state index contributed by atoms with van der Waals surface area (Å²) in [6.45, 7) is 0.229. The summed E-state index contributed by atoms with van der Waals surface area (Å²) in [6.07, 6.45) is -4.14. The molecular weight excluding hydrogens is 270 g/mol. The highest BCUT2D eigenvalue weighted by Crippen LogP contribution is 2.33. The maximum atomic E-state index is 13.8. The summed E-state index contributed by atoms with van der Waals surface area (Å²) in [5, 5.41) is 0. The fourth-order valence-corrected chi connectivity index (χ4v) is 2.09. The first-order chi connectivity index (χ1) is 9.43. The highest BCUT2D eigenvalue weighted by atomic mass is 19.4. The van der Waals surface area contributed by atoms with Crippen molar-refractivity contribution in [3.63, 3.8) is 0 Å². The molecule has 0 fully saturated rings. The highest BCUT2D eigenvalue weighted by Gasteiger charge is 2.30. The molecule has 0 amide bonds. The average Bonchev–Trinajstić information content (AvgIpc) is 2.40. The molecule has 2 aromatic rings. The summed E-state index contributed by atoms with van der Waals surface area (Å²) < 4.78 is 51.9. The van der Waals surface area contributed by atoms with Gasteiger partial charge in [0.2, 0.25) is 0 Å². The minimum atomic E-state index is -4.42. The summed E-state index contributed by atoms with van der Waals surface area (Å²) in [6, 6.07) is 9.22. The van der Waals surface area contributed by atoms with Gasteiger partial charge < -0.3 is 5.73 Å². The Kier molecular flexibility index (Phi) is 4.09. The molecule has 1 nitrogen and oxygen atoms in total. The van der Waals surface area contributed by atoms with Gasteiger partial charge in [0.15, 0.2) is 0 Å². The second-order valence-electron chi connectivity index (χ2n) is 4.38. The van der Waals surface area contributed by atoms with Gasteiger partial charge in [-0.25, -0.2) is 4.39 Å². The van der Waals surface area contributed by atoms with Crippen molar-refractivity contribution in [2.24, 2.45) is 5.73 Å². The van der Waals surface area contributed by atoms with E-state index in [1.807, 2.05) is 0 Å². The van der Waals surface area contributed by atoms with Gasteiger partial charge in [-0.2, -0.15) is 13.2 Å². The molecule has 0 aliphatic carbocycles. The Labute approximate surface area is 114 Å². The topological polar surface area (TPSA) is 26.0 Å². The second kappa shape index (κ2) is 5.63. The molecule has 0 saturated carbocycles. The molecule has 0 spiro atoms. The van der Waals surface area contributed by atoms with Crippen LogP contribution in [0.3, 0.4) is 0 Å². The van der Waals surface area contributed by atoms with Crippen molar-refractivity contribution in [1.29, 1.82) is 0 Å². The Morgan fingerprint density at radius 3 is 2.35 bits per heavy atom. The normalized spacial score (nSPS) is 11.7. The number of halogens is 4. The van der Waals surface area contributed by atoms with Gasteiger partial charge in [0.25, 0.3) is 0 Å². The summed E-state index contributed by atoms with van der Waals surface area (Å²) >= 11 is 0. The van der Waals surface area contributed by atoms with Gasteiger partial charge >= 0.3 is 6.18 Å². The molecular formula is C15H13F4N. The number of rotatable bonds is 3. The SMILES string of the molecule is NCCc1c(F)cccc1-c1cccc(C(F)(F)F)c1. The van der Waals surface area contributed by atoms with Crippen molar-refractivity contribution in [2.75, 3.05) is 6.54 Å². The molecule has 0 heterocycles. The van der Waals surface area contributed by atoms with E-state index >= 15 is 0 Å². The van der Waals surface area contributed by atoms with E-state index in [-0.39, 0.29) is 13.0 Å². The number of hydrogen-bond donors (Lipinski definition) is 1. The van der Waals surface area contributed by atoms with Crippen molar-refractivity contribution in [2.45, 2.75) is 12.6 Å². The molecule has 0 aromatic heterocycles. The van der Waals surface area contributed by atoms with Gasteiger partial charge in [0.1, 0.15) is 5.82 Å². The van der Waals surface area contributed by atoms with Crippen LogP contribution in [0, 0.1) is 5.82 Å². The maximum Gasteiger partial charge on any atom is 0.416 e. The van der Waals surface area contributed by atoms with Gasteiger partial charge in [-0.05, 0) is 47.9 Å². The van der Waals surface area contributed by atoms with E-state index in [1.165, 1.54) is 24.3 Å². The number of hydrogen-bond acceptors (Lipinski definition) is 1. The smallest absolute Gasteiger partial charge is 0.330 e. The number of alkyl halides is 3. The molecule has 0 aliphatic heterocycles. The van der Waals surface area contributed by atoms with Crippen LogP contribution in [0.1, 0.15) is 11.1 Å². The zero-order valence-corrected chi connectivity index (χ0v) is 10.5. The van der Waals surface area contributed by atoms with Crippen LogP contribution in [0.2, 0.25) is 0 Å². The molecule has 20 heavy (non-hydrogen) atoms. The zero-order chi connectivity index (χ0) is 14.8. The lowest BCUT2D eigenvalue weighted by Gasteiger charge is -2.12. The van der Waals surface area contributed by atoms with Crippen LogP contribution in [0.25, 0.3) is 11.1 Å². The third-order valence-corrected chi connectivity index (χ3v) is 3.01. The van der Waals surface area contributed by atoms with E-state index in [9.17, 15) is 17.6 Å². The number of nitrogens with two attached hydrogens (primary N) is 1. The van der Waals surface area contributed by atoms with E-state index in [4.69, 9.17) is 5.73 Å². The zero-order valence-electron chi connectivity index (χ0n) is 10.5. The molecule has 0 aliphatic rings. The maximum absolute atomic E-state index is 13.8. The Balaban J connectivity index is 2.54. The van der Waals surface area contributed by atoms with Crippen LogP contribution in [0.4, 0.5) is 17.6 Å². The van der Waals surface area contributed by atoms with E-state index in [0.29, 0.717) is 16.7 Å². The van der Waals surface area contributed by atoms with Gasteiger partial charge in [0.05, 0.1) is 5.56 Å². The third-order valence-electron chi connectivity index (χ3n) is 3.01. The lowest BCUT2D eigenvalue weighted by Crippen LogP contribution is -2.07. The molecule has 2 N–H and O–H groups in total. The van der Waals surface area contributed by atoms with Crippen LogP contribution in [0.5, 0.6) is 0 Å². The van der Waals surface area contributed by atoms with Crippen molar-refractivity contribution in [3.8, 4) is 11.1 Å². The average molecular weight is 283 g/mol. The van der Waals surface area contributed by atoms with E-state index in [2.05, 4.69) is 0 Å². The van der Waals surface area contributed by atoms with Gasteiger partial charge in [-0.3, -0.25) is 0 Å². The molecule has 0 bridgehead atoms. The summed E-state index contributed by atoms with van der Waals surface area (Å²) in [4.78, 5) is 0. The van der Waals surface area contributed by atoms with E-state index in [1.54, 1.807) is 6.07 Å². The molecule has 0 radical (unpaired) electrons. The predicted octanol–water partition coefficient (Wildman–Crippen LogP) is 4.01. The van der Waals surface area contributed by atoms with Crippen LogP contribution < -0.4 is 5.73 Å². The van der Waals surface area contributed by atoms with Gasteiger partial charge in [-0.15, -0.1) is 0 Å². The Bertz CT molecular complexity index is 605. The molecule has 2 aromatic carbocycles. The monoisotopic (exact) mass is 283 g/mol. The Morgan fingerprint density at radius 1 is 1.00 bits per heavy atom. The van der Waals surface area contributed by atoms with Gasteiger partial charge in [0, 0.05) is 0 Å². The van der Waals surface area contributed by atoms with Crippen molar-refractivity contribution < 1.29 is 17.6 Å². The van der Waals surface area contributed by atoms with Crippen molar-refractivity contribution in [3.05, 3.63) is 59.4 Å². The molecule has 0 saturated heterocycles. The fourth-order valence-electron chi connectivity index (χ4n) is 2.09. The largest absolute Gasteiger partial charge is 0.416 e. The first-order valence-electron chi connectivity index (χ1n) is 6.08. The molecule has 106 valence electrons. The molecule has 5 heteroatoms. The number of benzene rings is 2. The quantitative estimate of drug-likeness (QED) is 0.846. The molecule has 2 rings (SSSR count). The lowest BCUT2D eigenvalue weighted by molar-refractivity contribution is -0.137. The van der Waals surface area contributed by atoms with Gasteiger partial charge in [-0.1, -0.05) is 24.3 Å². The highest BCUT2D eigenvalue weighted by molar-refractivity contribution is 5.68. The minimum Gasteiger partial charge on any atom is -0.330 e. The van der Waals surface area contributed by atoms with Crippen LogP contribution in [-0.2, 0) is 12.6 Å². The summed E-state index contributed by atoms with van der Waals surface area (Å²) in [5.41, 5.74) is 5.80. The molecule has 0 unspecified atom stereocenters. The van der Waals surface area contributed by atoms with Crippen molar-refractivity contribution >= 4 is 0 Å². The van der Waals surface area contributed by atoms with Crippen LogP contribution >= 0.6 is 0 Å². The first kappa shape index (κ1) is 14.5. The Morgan fingerprint density at radius 2 is 1.70 bits per heavy atom. The predicted molar refractivity (Wildman–Crippen MR) is 69.6 cm³/mol. The molecule has 0 atom stereocenters. The van der Waals surface area contributed by atoms with E-state index < -0.39 is 17.6 Å². The standard InChI is InChI=1S/C15H13F4N/c16-14-6-2-5-12(13(14)7-8-20)10-3-1-4-11(9-10)15(17,18)19/h1-6,9H,7-8,20H2. The minimum absolute atomic E-state index is 0.229. The summed E-state index contributed by atoms with van der Waals surface area (Å²) in [5.74, 6) is -0.453. The lowest BCUT2D eigenvalue weighted by atomic mass is 9.96. The second-order valence-corrected chi connectivity index (χ2v) is 4.38. The van der Waals surface area contributed by atoms with Crippen molar-refractivity contribution in [1.82, 2.24) is 0 Å². The van der Waals surface area contributed by atoms with Crippen LogP contribution in [0.15, 0.2) is 42.5 Å². The Hall–Kier alpha value is -1.88. The van der Waals surface area contributed by atoms with Crippen LogP contribution in [-0.4, -0.2) is 6.54 Å². The fraction of sp³-hybridized carbons (Fsp3) is 0.200. The first-order valence-corrected chi connectivity index (χ1v) is 6.08.